The van der Waals surface area contributed by atoms with E-state index in [9.17, 15) is 9.50 Å². The molecule has 0 aliphatic heterocycles. The first-order valence-electron chi connectivity index (χ1n) is 3.98. The van der Waals surface area contributed by atoms with Gasteiger partial charge in [-0.3, -0.25) is 0 Å². The Kier molecular flexibility index (Phi) is 3.83. The van der Waals surface area contributed by atoms with Crippen LogP contribution in [0.4, 0.5) is 4.39 Å². The number of hydrogen-bond acceptors (Lipinski definition) is 3. The molecule has 3 N–H and O–H groups in total. The second-order valence-corrected chi connectivity index (χ2v) is 3.27. The molecule has 2 unspecified atom stereocenters. The zero-order valence-corrected chi connectivity index (χ0v) is 7.95. The average molecular weight is 221 g/mol. The predicted molar refractivity (Wildman–Crippen MR) is 49.5 cm³/mol. The number of rotatable bonds is 3. The molecule has 0 aromatic heterocycles. The molecule has 0 amide bonds. The molecule has 0 saturated carbocycles. The Morgan fingerprint density at radius 1 is 1.36 bits per heavy atom. The summed E-state index contributed by atoms with van der Waals surface area (Å²) >= 11 is 5.63. The van der Waals surface area contributed by atoms with Crippen molar-refractivity contribution in [2.24, 2.45) is 0 Å². The molecule has 14 heavy (non-hydrogen) atoms. The summed E-state index contributed by atoms with van der Waals surface area (Å²) < 4.78 is 12.6. The van der Waals surface area contributed by atoms with Crippen LogP contribution in [-0.4, -0.2) is 28.0 Å². The Labute approximate surface area is 85.4 Å². The molecule has 1 rings (SSSR count). The Morgan fingerprint density at radius 3 is 2.50 bits per heavy atom. The van der Waals surface area contributed by atoms with Gasteiger partial charge in [0.25, 0.3) is 0 Å². The molecule has 78 valence electrons. The van der Waals surface area contributed by atoms with Crippen molar-refractivity contribution < 1.29 is 19.7 Å². The smallest absolute Gasteiger partial charge is 0.124 e. The summed E-state index contributed by atoms with van der Waals surface area (Å²) in [6.45, 7) is -0.588. The first-order valence-corrected chi connectivity index (χ1v) is 4.36. The third kappa shape index (κ3) is 2.42. The van der Waals surface area contributed by atoms with E-state index in [-0.39, 0.29) is 10.6 Å². The fraction of sp³-hybridized carbons (Fsp3) is 0.333. The fourth-order valence-electron chi connectivity index (χ4n) is 1.05. The molecule has 0 aliphatic carbocycles. The summed E-state index contributed by atoms with van der Waals surface area (Å²) in [5, 5.41) is 27.2. The number of halogens is 2. The van der Waals surface area contributed by atoms with E-state index in [1.165, 1.54) is 6.07 Å². The van der Waals surface area contributed by atoms with E-state index in [0.29, 0.717) is 0 Å². The van der Waals surface area contributed by atoms with Gasteiger partial charge in [-0.2, -0.15) is 0 Å². The van der Waals surface area contributed by atoms with Gasteiger partial charge in [0.15, 0.2) is 0 Å². The van der Waals surface area contributed by atoms with E-state index in [0.717, 1.165) is 12.1 Å². The van der Waals surface area contributed by atoms with Crippen molar-refractivity contribution in [3.63, 3.8) is 0 Å². The third-order valence-electron chi connectivity index (χ3n) is 1.83. The van der Waals surface area contributed by atoms with Crippen molar-refractivity contribution >= 4 is 11.6 Å². The van der Waals surface area contributed by atoms with Crippen LogP contribution < -0.4 is 0 Å². The molecular formula is C9H10ClFO3. The van der Waals surface area contributed by atoms with Crippen molar-refractivity contribution in [2.45, 2.75) is 12.2 Å². The van der Waals surface area contributed by atoms with E-state index in [4.69, 9.17) is 21.8 Å². The Morgan fingerprint density at radius 2 is 2.00 bits per heavy atom. The summed E-state index contributed by atoms with van der Waals surface area (Å²) in [5.41, 5.74) is 0.189. The van der Waals surface area contributed by atoms with Gasteiger partial charge >= 0.3 is 0 Å². The minimum atomic E-state index is -1.32. The normalized spacial score (nSPS) is 15.2. The molecule has 1 aromatic rings. The highest BCUT2D eigenvalue weighted by atomic mass is 35.5. The SMILES string of the molecule is OCC(O)C(O)c1ccc(F)cc1Cl. The Hall–Kier alpha value is -0.680. The topological polar surface area (TPSA) is 60.7 Å². The molecule has 0 aliphatic rings. The van der Waals surface area contributed by atoms with Crippen LogP contribution in [0.3, 0.4) is 0 Å². The molecule has 1 aromatic carbocycles. The lowest BCUT2D eigenvalue weighted by Gasteiger charge is -2.16. The molecular weight excluding hydrogens is 211 g/mol. The van der Waals surface area contributed by atoms with Crippen LogP contribution in [-0.2, 0) is 0 Å². The van der Waals surface area contributed by atoms with Crippen LogP contribution >= 0.6 is 11.6 Å². The predicted octanol–water partition coefficient (Wildman–Crippen LogP) is 0.866. The number of aliphatic hydroxyl groups excluding tert-OH is 3. The quantitative estimate of drug-likeness (QED) is 0.708. The lowest BCUT2D eigenvalue weighted by atomic mass is 10.0. The number of aliphatic hydroxyl groups is 3. The standard InChI is InChI=1S/C9H10ClFO3/c10-7-3-5(11)1-2-6(7)9(14)8(13)4-12/h1-3,8-9,12-14H,4H2. The van der Waals surface area contributed by atoms with Gasteiger partial charge in [0.05, 0.1) is 6.61 Å². The highest BCUT2D eigenvalue weighted by molar-refractivity contribution is 6.31. The Balaban J connectivity index is 2.95. The van der Waals surface area contributed by atoms with Crippen LogP contribution in [0.5, 0.6) is 0 Å². The summed E-state index contributed by atoms with van der Waals surface area (Å²) in [4.78, 5) is 0. The van der Waals surface area contributed by atoms with Gasteiger partial charge < -0.3 is 15.3 Å². The average Bonchev–Trinajstić information content (AvgIpc) is 2.15. The molecule has 0 fully saturated rings. The largest absolute Gasteiger partial charge is 0.394 e. The summed E-state index contributed by atoms with van der Waals surface area (Å²) in [6, 6.07) is 3.42. The first kappa shape index (κ1) is 11.4. The number of hydrogen-bond donors (Lipinski definition) is 3. The maximum Gasteiger partial charge on any atom is 0.124 e. The van der Waals surface area contributed by atoms with E-state index in [2.05, 4.69) is 0 Å². The van der Waals surface area contributed by atoms with Gasteiger partial charge in [-0.05, 0) is 12.1 Å². The Bertz CT molecular complexity index is 319. The lowest BCUT2D eigenvalue weighted by Crippen LogP contribution is -2.22. The maximum absolute atomic E-state index is 12.6. The first-order chi connectivity index (χ1) is 6.56. The second-order valence-electron chi connectivity index (χ2n) is 2.86. The van der Waals surface area contributed by atoms with Gasteiger partial charge in [-0.15, -0.1) is 0 Å². The van der Waals surface area contributed by atoms with Gasteiger partial charge in [0.1, 0.15) is 18.0 Å². The zero-order valence-electron chi connectivity index (χ0n) is 7.19. The summed E-state index contributed by atoms with van der Waals surface area (Å²) in [7, 11) is 0. The van der Waals surface area contributed by atoms with Crippen molar-refractivity contribution in [3.05, 3.63) is 34.6 Å². The molecule has 2 atom stereocenters. The third-order valence-corrected chi connectivity index (χ3v) is 2.16. The van der Waals surface area contributed by atoms with Gasteiger partial charge in [-0.25, -0.2) is 4.39 Å². The second kappa shape index (κ2) is 4.70. The van der Waals surface area contributed by atoms with Crippen LogP contribution in [0.1, 0.15) is 11.7 Å². The summed E-state index contributed by atoms with van der Waals surface area (Å²) in [6.07, 6.45) is -2.63. The molecule has 0 bridgehead atoms. The highest BCUT2D eigenvalue weighted by Crippen LogP contribution is 2.25. The van der Waals surface area contributed by atoms with Crippen LogP contribution in [0.2, 0.25) is 5.02 Å². The minimum absolute atomic E-state index is 0.0185. The highest BCUT2D eigenvalue weighted by Gasteiger charge is 2.19. The molecule has 0 heterocycles. The maximum atomic E-state index is 12.6. The molecule has 0 saturated heterocycles. The van der Waals surface area contributed by atoms with Gasteiger partial charge in [0.2, 0.25) is 0 Å². The van der Waals surface area contributed by atoms with Crippen LogP contribution in [0, 0.1) is 5.82 Å². The zero-order chi connectivity index (χ0) is 10.7. The molecule has 0 radical (unpaired) electrons. The monoisotopic (exact) mass is 220 g/mol. The van der Waals surface area contributed by atoms with Crippen LogP contribution in [0.15, 0.2) is 18.2 Å². The van der Waals surface area contributed by atoms with E-state index in [1.807, 2.05) is 0 Å². The van der Waals surface area contributed by atoms with Gasteiger partial charge in [-0.1, -0.05) is 17.7 Å². The van der Waals surface area contributed by atoms with E-state index >= 15 is 0 Å². The van der Waals surface area contributed by atoms with Crippen molar-refractivity contribution in [3.8, 4) is 0 Å². The number of benzene rings is 1. The van der Waals surface area contributed by atoms with E-state index in [1.54, 1.807) is 0 Å². The van der Waals surface area contributed by atoms with Crippen LogP contribution in [0.25, 0.3) is 0 Å². The molecule has 3 nitrogen and oxygen atoms in total. The minimum Gasteiger partial charge on any atom is -0.394 e. The summed E-state index contributed by atoms with van der Waals surface area (Å²) in [5.74, 6) is -0.524. The molecule has 5 heteroatoms. The van der Waals surface area contributed by atoms with Crippen molar-refractivity contribution in [1.29, 1.82) is 0 Å². The van der Waals surface area contributed by atoms with Crippen molar-refractivity contribution in [2.75, 3.05) is 6.61 Å². The molecule has 0 spiro atoms. The van der Waals surface area contributed by atoms with Gasteiger partial charge in [0, 0.05) is 10.6 Å². The lowest BCUT2D eigenvalue weighted by molar-refractivity contribution is -0.0152. The van der Waals surface area contributed by atoms with Crippen molar-refractivity contribution in [1.82, 2.24) is 0 Å². The van der Waals surface area contributed by atoms with E-state index < -0.39 is 24.6 Å². The fourth-order valence-corrected chi connectivity index (χ4v) is 1.33.